The summed E-state index contributed by atoms with van der Waals surface area (Å²) < 4.78 is 31.4. The first-order chi connectivity index (χ1) is 15.1. The number of hydrogen-bond donors (Lipinski definition) is 2. The van der Waals surface area contributed by atoms with Gasteiger partial charge in [-0.15, -0.1) is 0 Å². The molecule has 0 amide bonds. The lowest BCUT2D eigenvalue weighted by Gasteiger charge is -2.17. The predicted molar refractivity (Wildman–Crippen MR) is 124 cm³/mol. The highest BCUT2D eigenvalue weighted by molar-refractivity contribution is 7.91. The van der Waals surface area contributed by atoms with E-state index in [9.17, 15) is 18.6 Å². The monoisotopic (exact) mass is 450 g/mol. The molecule has 0 aromatic heterocycles. The van der Waals surface area contributed by atoms with Crippen LogP contribution in [0.25, 0.3) is 0 Å². The first kappa shape index (κ1) is 23.4. The fourth-order valence-electron chi connectivity index (χ4n) is 3.08. The fourth-order valence-corrected chi connectivity index (χ4v) is 4.34. The van der Waals surface area contributed by atoms with Crippen molar-refractivity contribution in [3.8, 4) is 29.1 Å². The number of phenols is 1. The number of rotatable bonds is 6. The third kappa shape index (κ3) is 5.50. The molecule has 6 heteroatoms. The van der Waals surface area contributed by atoms with Crippen LogP contribution in [-0.2, 0) is 9.84 Å². The van der Waals surface area contributed by atoms with Gasteiger partial charge in [0.25, 0.3) is 0 Å². The summed E-state index contributed by atoms with van der Waals surface area (Å²) in [5, 5.41) is 19.8. The Balaban J connectivity index is 1.82. The summed E-state index contributed by atoms with van der Waals surface area (Å²) in [6.45, 7) is 5.72. The van der Waals surface area contributed by atoms with Crippen LogP contribution in [0.2, 0.25) is 0 Å². The zero-order valence-corrected chi connectivity index (χ0v) is 19.1. The molecule has 166 valence electrons. The van der Waals surface area contributed by atoms with Crippen LogP contribution in [0.5, 0.6) is 17.2 Å². The van der Waals surface area contributed by atoms with Gasteiger partial charge in [0.2, 0.25) is 9.84 Å². The normalized spacial score (nSPS) is 11.5. The molecule has 0 unspecified atom stereocenters. The van der Waals surface area contributed by atoms with Crippen LogP contribution in [0.3, 0.4) is 0 Å². The second kappa shape index (κ2) is 9.47. The van der Waals surface area contributed by atoms with E-state index in [1.165, 1.54) is 36.4 Å². The molecule has 3 aromatic rings. The number of benzene rings is 3. The predicted octanol–water partition coefficient (Wildman–Crippen LogP) is 5.23. The van der Waals surface area contributed by atoms with E-state index in [0.29, 0.717) is 24.3 Å². The SMILES string of the molecule is CCC(O)(C#Cc1cc(C)cc(Oc2ccc(S(=O)(=O)c3ccc(O)cc3)cc2)c1)CC. The lowest BCUT2D eigenvalue weighted by atomic mass is 9.98. The summed E-state index contributed by atoms with van der Waals surface area (Å²) in [6.07, 6.45) is 1.09. The van der Waals surface area contributed by atoms with Crippen molar-refractivity contribution in [2.75, 3.05) is 0 Å². The van der Waals surface area contributed by atoms with Crippen molar-refractivity contribution in [1.29, 1.82) is 0 Å². The average Bonchev–Trinajstić information content (AvgIpc) is 2.78. The summed E-state index contributed by atoms with van der Waals surface area (Å²) >= 11 is 0. The molecule has 2 N–H and O–H groups in total. The van der Waals surface area contributed by atoms with Crippen LogP contribution in [-0.4, -0.2) is 24.2 Å². The van der Waals surface area contributed by atoms with Crippen LogP contribution >= 0.6 is 0 Å². The van der Waals surface area contributed by atoms with E-state index in [4.69, 9.17) is 4.74 Å². The highest BCUT2D eigenvalue weighted by Gasteiger charge is 2.19. The van der Waals surface area contributed by atoms with Crippen molar-refractivity contribution >= 4 is 9.84 Å². The van der Waals surface area contributed by atoms with Crippen molar-refractivity contribution in [3.63, 3.8) is 0 Å². The smallest absolute Gasteiger partial charge is 0.206 e. The summed E-state index contributed by atoms with van der Waals surface area (Å²) in [7, 11) is -3.69. The molecule has 0 heterocycles. The van der Waals surface area contributed by atoms with Gasteiger partial charge in [-0.1, -0.05) is 25.7 Å². The number of ether oxygens (including phenoxy) is 1. The van der Waals surface area contributed by atoms with Gasteiger partial charge in [-0.25, -0.2) is 8.42 Å². The maximum absolute atomic E-state index is 12.7. The van der Waals surface area contributed by atoms with Crippen LogP contribution in [0.4, 0.5) is 0 Å². The summed E-state index contributed by atoms with van der Waals surface area (Å²) in [4.78, 5) is 0.231. The first-order valence-corrected chi connectivity index (χ1v) is 11.8. The number of aliphatic hydroxyl groups is 1. The van der Waals surface area contributed by atoms with Crippen molar-refractivity contribution in [2.24, 2.45) is 0 Å². The van der Waals surface area contributed by atoms with Crippen LogP contribution < -0.4 is 4.74 Å². The van der Waals surface area contributed by atoms with E-state index in [1.54, 1.807) is 18.2 Å². The zero-order chi connectivity index (χ0) is 23.4. The molecule has 5 nitrogen and oxygen atoms in total. The minimum absolute atomic E-state index is 0.00368. The Kier molecular flexibility index (Phi) is 6.93. The average molecular weight is 451 g/mol. The highest BCUT2D eigenvalue weighted by Crippen LogP contribution is 2.28. The lowest BCUT2D eigenvalue weighted by molar-refractivity contribution is 0.0931. The Labute approximate surface area is 189 Å². The third-order valence-corrected chi connectivity index (χ3v) is 6.96. The molecule has 0 bridgehead atoms. The topological polar surface area (TPSA) is 83.8 Å². The molecule has 32 heavy (non-hydrogen) atoms. The largest absolute Gasteiger partial charge is 0.508 e. The summed E-state index contributed by atoms with van der Waals surface area (Å²) in [6, 6.07) is 17.1. The molecule has 0 saturated carbocycles. The van der Waals surface area contributed by atoms with E-state index in [0.717, 1.165) is 11.1 Å². The molecular formula is C26H26O5S. The molecule has 0 aliphatic heterocycles. The minimum Gasteiger partial charge on any atom is -0.508 e. The molecule has 0 radical (unpaired) electrons. The van der Waals surface area contributed by atoms with Crippen LogP contribution in [0.15, 0.2) is 76.5 Å². The Bertz CT molecular complexity index is 1240. The van der Waals surface area contributed by atoms with Crippen LogP contribution in [0, 0.1) is 18.8 Å². The first-order valence-electron chi connectivity index (χ1n) is 10.3. The standard InChI is InChI=1S/C26H26O5S/c1-4-26(28,5-2)15-14-20-16-19(3)17-23(18-20)31-22-8-12-25(13-9-22)32(29,30)24-10-6-21(27)7-11-24/h6-13,16-18,27-28H,4-5H2,1-3H3. The van der Waals surface area contributed by atoms with Gasteiger partial charge in [-0.2, -0.15) is 0 Å². The molecular weight excluding hydrogens is 424 g/mol. The van der Waals surface area contributed by atoms with E-state index in [2.05, 4.69) is 11.8 Å². The number of aromatic hydroxyl groups is 1. The molecule has 0 aliphatic carbocycles. The number of hydrogen-bond acceptors (Lipinski definition) is 5. The molecule has 0 saturated heterocycles. The minimum atomic E-state index is -3.69. The van der Waals surface area contributed by atoms with Crippen molar-refractivity contribution in [3.05, 3.63) is 77.9 Å². The number of sulfone groups is 1. The van der Waals surface area contributed by atoms with Gasteiger partial charge in [-0.05, 0) is 92.1 Å². The Morgan fingerprint density at radius 1 is 0.875 bits per heavy atom. The zero-order valence-electron chi connectivity index (χ0n) is 18.3. The van der Waals surface area contributed by atoms with Gasteiger partial charge in [0.05, 0.1) is 9.79 Å². The van der Waals surface area contributed by atoms with Crippen LogP contribution in [0.1, 0.15) is 37.8 Å². The Hall–Kier alpha value is -3.27. The molecule has 3 rings (SSSR count). The Morgan fingerprint density at radius 2 is 1.44 bits per heavy atom. The van der Waals surface area contributed by atoms with Gasteiger partial charge in [0, 0.05) is 5.56 Å². The number of phenolic OH excluding ortho intramolecular Hbond substituents is 1. The van der Waals surface area contributed by atoms with Crippen molar-refractivity contribution < 1.29 is 23.4 Å². The second-order valence-electron chi connectivity index (χ2n) is 7.59. The van der Waals surface area contributed by atoms with E-state index in [1.807, 2.05) is 32.9 Å². The fraction of sp³-hybridized carbons (Fsp3) is 0.231. The maximum Gasteiger partial charge on any atom is 0.206 e. The lowest BCUT2D eigenvalue weighted by Crippen LogP contribution is -2.23. The quantitative estimate of drug-likeness (QED) is 0.503. The van der Waals surface area contributed by atoms with Gasteiger partial charge >= 0.3 is 0 Å². The summed E-state index contributed by atoms with van der Waals surface area (Å²) in [5.41, 5.74) is 0.672. The van der Waals surface area contributed by atoms with E-state index in [-0.39, 0.29) is 15.5 Å². The van der Waals surface area contributed by atoms with Crippen molar-refractivity contribution in [1.82, 2.24) is 0 Å². The van der Waals surface area contributed by atoms with E-state index < -0.39 is 15.4 Å². The molecule has 0 spiro atoms. The van der Waals surface area contributed by atoms with E-state index >= 15 is 0 Å². The molecule has 0 fully saturated rings. The third-order valence-electron chi connectivity index (χ3n) is 5.18. The van der Waals surface area contributed by atoms with Gasteiger partial charge in [-0.3, -0.25) is 0 Å². The molecule has 0 atom stereocenters. The maximum atomic E-state index is 12.7. The van der Waals surface area contributed by atoms with Gasteiger partial charge < -0.3 is 14.9 Å². The van der Waals surface area contributed by atoms with Gasteiger partial charge in [0.15, 0.2) is 0 Å². The molecule has 0 aliphatic rings. The Morgan fingerprint density at radius 3 is 2.00 bits per heavy atom. The molecule has 3 aromatic carbocycles. The van der Waals surface area contributed by atoms with Crippen molar-refractivity contribution in [2.45, 2.75) is 49.0 Å². The second-order valence-corrected chi connectivity index (χ2v) is 9.54. The highest BCUT2D eigenvalue weighted by atomic mass is 32.2. The summed E-state index contributed by atoms with van der Waals surface area (Å²) in [5.74, 6) is 7.03. The van der Waals surface area contributed by atoms with Gasteiger partial charge in [0.1, 0.15) is 22.8 Å². The number of aryl methyl sites for hydroxylation is 1.